The summed E-state index contributed by atoms with van der Waals surface area (Å²) >= 11 is 5.87. The summed E-state index contributed by atoms with van der Waals surface area (Å²) < 4.78 is 5.58. The highest BCUT2D eigenvalue weighted by atomic mass is 35.5. The summed E-state index contributed by atoms with van der Waals surface area (Å²) in [6.45, 7) is 0.146. The van der Waals surface area contributed by atoms with Gasteiger partial charge >= 0.3 is 5.97 Å². The highest BCUT2D eigenvalue weighted by molar-refractivity contribution is 6.30. The van der Waals surface area contributed by atoms with Crippen molar-refractivity contribution in [3.05, 3.63) is 77.3 Å². The normalized spacial score (nSPS) is 21.1. The van der Waals surface area contributed by atoms with Gasteiger partial charge in [0.05, 0.1) is 12.5 Å². The van der Waals surface area contributed by atoms with Crippen molar-refractivity contribution in [1.29, 1.82) is 0 Å². The molecular weight excluding hydrogens is 416 g/mol. The van der Waals surface area contributed by atoms with Crippen molar-refractivity contribution < 1.29 is 19.1 Å². The molecule has 1 heterocycles. The van der Waals surface area contributed by atoms with E-state index in [1.807, 2.05) is 42.5 Å². The Morgan fingerprint density at radius 3 is 2.55 bits per heavy atom. The average Bonchev–Trinajstić information content (AvgIpc) is 2.76. The van der Waals surface area contributed by atoms with E-state index in [0.717, 1.165) is 5.56 Å². The number of hydrogen-bond acceptors (Lipinski definition) is 4. The standard InChI is InChI=1S/C24H25ClN2O4/c25-19-11-13-20(14-12-19)27-22(28)15-18-9-5-2-6-10-23(29)31-21(16-26-24(18)30)17-7-3-1-4-8-17/h1-5,7-8,11-14,18,21H,6,9-10,15-16H2,(H,26,30)(H,27,28)/b5-2+/t18-,21-/m0/s1. The average molecular weight is 441 g/mol. The number of anilines is 1. The van der Waals surface area contributed by atoms with Gasteiger partial charge in [0, 0.05) is 23.6 Å². The molecule has 0 saturated heterocycles. The van der Waals surface area contributed by atoms with E-state index >= 15 is 0 Å². The van der Waals surface area contributed by atoms with Crippen LogP contribution >= 0.6 is 11.6 Å². The van der Waals surface area contributed by atoms with Gasteiger partial charge in [0.15, 0.2) is 0 Å². The largest absolute Gasteiger partial charge is 0.456 e. The summed E-state index contributed by atoms with van der Waals surface area (Å²) in [6.07, 6.45) is 4.33. The van der Waals surface area contributed by atoms with Crippen molar-refractivity contribution in [2.45, 2.75) is 31.8 Å². The second-order valence-corrected chi connectivity index (χ2v) is 7.77. The number of carbonyl (C=O) groups is 3. The van der Waals surface area contributed by atoms with E-state index in [2.05, 4.69) is 10.6 Å². The Hall–Kier alpha value is -3.12. The number of carbonyl (C=O) groups excluding carboxylic acids is 3. The van der Waals surface area contributed by atoms with Gasteiger partial charge in [-0.3, -0.25) is 14.4 Å². The van der Waals surface area contributed by atoms with Gasteiger partial charge in [-0.05, 0) is 42.7 Å². The molecule has 6 nitrogen and oxygen atoms in total. The molecule has 2 aromatic carbocycles. The summed E-state index contributed by atoms with van der Waals surface area (Å²) in [6, 6.07) is 16.1. The fourth-order valence-corrected chi connectivity index (χ4v) is 3.41. The number of nitrogens with one attached hydrogen (secondary N) is 2. The van der Waals surface area contributed by atoms with Crippen molar-refractivity contribution in [1.82, 2.24) is 5.32 Å². The molecule has 2 N–H and O–H groups in total. The fourth-order valence-electron chi connectivity index (χ4n) is 3.28. The number of amides is 2. The minimum atomic E-state index is -0.579. The first-order valence-electron chi connectivity index (χ1n) is 10.2. The molecule has 0 spiro atoms. The van der Waals surface area contributed by atoms with Crippen LogP contribution in [0.1, 0.15) is 37.4 Å². The van der Waals surface area contributed by atoms with Gasteiger partial charge in [-0.25, -0.2) is 0 Å². The number of allylic oxidation sites excluding steroid dienone is 2. The second kappa shape index (κ2) is 11.3. The van der Waals surface area contributed by atoms with Crippen LogP contribution in [0.5, 0.6) is 0 Å². The molecule has 31 heavy (non-hydrogen) atoms. The molecular formula is C24H25ClN2O4. The van der Waals surface area contributed by atoms with Gasteiger partial charge in [0.2, 0.25) is 11.8 Å². The number of ether oxygens (including phenoxy) is 1. The van der Waals surface area contributed by atoms with Crippen LogP contribution in [0, 0.1) is 5.92 Å². The number of esters is 1. The van der Waals surface area contributed by atoms with Crippen LogP contribution in [-0.4, -0.2) is 24.3 Å². The van der Waals surface area contributed by atoms with E-state index in [1.54, 1.807) is 24.3 Å². The lowest BCUT2D eigenvalue weighted by molar-refractivity contribution is -0.150. The number of hydrogen-bond donors (Lipinski definition) is 2. The quantitative estimate of drug-likeness (QED) is 0.544. The third-order valence-corrected chi connectivity index (χ3v) is 5.19. The number of cyclic esters (lactones) is 1. The van der Waals surface area contributed by atoms with Crippen LogP contribution in [0.3, 0.4) is 0 Å². The monoisotopic (exact) mass is 440 g/mol. The predicted octanol–water partition coefficient (Wildman–Crippen LogP) is 4.43. The van der Waals surface area contributed by atoms with Crippen molar-refractivity contribution in [3.63, 3.8) is 0 Å². The number of benzene rings is 2. The maximum absolute atomic E-state index is 12.8. The zero-order valence-corrected chi connectivity index (χ0v) is 17.8. The Balaban J connectivity index is 1.68. The first-order chi connectivity index (χ1) is 15.0. The van der Waals surface area contributed by atoms with E-state index in [-0.39, 0.29) is 37.2 Å². The molecule has 1 aliphatic heterocycles. The minimum Gasteiger partial charge on any atom is -0.456 e. The summed E-state index contributed by atoms with van der Waals surface area (Å²) in [4.78, 5) is 37.5. The molecule has 1 aliphatic rings. The predicted molar refractivity (Wildman–Crippen MR) is 119 cm³/mol. The van der Waals surface area contributed by atoms with Gasteiger partial charge < -0.3 is 15.4 Å². The molecule has 0 radical (unpaired) electrons. The summed E-state index contributed by atoms with van der Waals surface area (Å²) in [7, 11) is 0. The maximum atomic E-state index is 12.8. The molecule has 0 bridgehead atoms. The molecule has 2 aromatic rings. The van der Waals surface area contributed by atoms with Crippen molar-refractivity contribution in [2.75, 3.05) is 11.9 Å². The third-order valence-electron chi connectivity index (χ3n) is 4.94. The third kappa shape index (κ3) is 7.26. The summed E-state index contributed by atoms with van der Waals surface area (Å²) in [5.41, 5.74) is 1.43. The first-order valence-corrected chi connectivity index (χ1v) is 10.6. The molecule has 0 fully saturated rings. The van der Waals surface area contributed by atoms with Gasteiger partial charge in [-0.1, -0.05) is 54.1 Å². The highest BCUT2D eigenvalue weighted by Crippen LogP contribution is 2.20. The van der Waals surface area contributed by atoms with E-state index in [0.29, 0.717) is 23.6 Å². The first kappa shape index (κ1) is 22.6. The zero-order chi connectivity index (χ0) is 22.1. The minimum absolute atomic E-state index is 0.0363. The Bertz CT molecular complexity index is 928. The highest BCUT2D eigenvalue weighted by Gasteiger charge is 2.24. The molecule has 0 saturated carbocycles. The van der Waals surface area contributed by atoms with Crippen LogP contribution in [0.25, 0.3) is 0 Å². The van der Waals surface area contributed by atoms with E-state index < -0.39 is 12.0 Å². The van der Waals surface area contributed by atoms with Crippen LogP contribution < -0.4 is 10.6 Å². The topological polar surface area (TPSA) is 84.5 Å². The smallest absolute Gasteiger partial charge is 0.306 e. The van der Waals surface area contributed by atoms with Crippen LogP contribution in [-0.2, 0) is 19.1 Å². The summed E-state index contributed by atoms with van der Waals surface area (Å²) in [5, 5.41) is 6.22. The Morgan fingerprint density at radius 2 is 1.81 bits per heavy atom. The molecule has 3 rings (SSSR count). The molecule has 162 valence electrons. The van der Waals surface area contributed by atoms with Crippen molar-refractivity contribution >= 4 is 35.1 Å². The number of halogens is 1. The van der Waals surface area contributed by atoms with Crippen LogP contribution in [0.15, 0.2) is 66.7 Å². The molecule has 7 heteroatoms. The molecule has 2 amide bonds. The van der Waals surface area contributed by atoms with Gasteiger partial charge in [-0.2, -0.15) is 0 Å². The van der Waals surface area contributed by atoms with Crippen LogP contribution in [0.2, 0.25) is 5.02 Å². The Labute approximate surface area is 186 Å². The number of rotatable bonds is 4. The van der Waals surface area contributed by atoms with Gasteiger partial charge in [-0.15, -0.1) is 0 Å². The van der Waals surface area contributed by atoms with Crippen molar-refractivity contribution in [3.8, 4) is 0 Å². The second-order valence-electron chi connectivity index (χ2n) is 7.34. The Kier molecular flexibility index (Phi) is 8.24. The molecule has 0 aromatic heterocycles. The van der Waals surface area contributed by atoms with Gasteiger partial charge in [0.1, 0.15) is 6.10 Å². The Morgan fingerprint density at radius 1 is 1.06 bits per heavy atom. The molecule has 0 unspecified atom stereocenters. The maximum Gasteiger partial charge on any atom is 0.306 e. The van der Waals surface area contributed by atoms with E-state index in [9.17, 15) is 14.4 Å². The molecule has 0 aliphatic carbocycles. The SMILES string of the molecule is O=C(C[C@@H]1C/C=C/CCC(=O)O[C@H](c2ccccc2)CNC1=O)Nc1ccc(Cl)cc1. The van der Waals surface area contributed by atoms with Crippen molar-refractivity contribution in [2.24, 2.45) is 5.92 Å². The lowest BCUT2D eigenvalue weighted by Crippen LogP contribution is -2.36. The van der Waals surface area contributed by atoms with E-state index in [1.165, 1.54) is 0 Å². The fraction of sp³-hybridized carbons (Fsp3) is 0.292. The zero-order valence-electron chi connectivity index (χ0n) is 17.1. The van der Waals surface area contributed by atoms with Crippen LogP contribution in [0.4, 0.5) is 5.69 Å². The summed E-state index contributed by atoms with van der Waals surface area (Å²) in [5.74, 6) is -1.36. The molecule has 2 atom stereocenters. The van der Waals surface area contributed by atoms with Gasteiger partial charge in [0.25, 0.3) is 0 Å². The van der Waals surface area contributed by atoms with E-state index in [4.69, 9.17) is 16.3 Å². The lowest BCUT2D eigenvalue weighted by Gasteiger charge is -2.21. The lowest BCUT2D eigenvalue weighted by atomic mass is 9.98.